The molecule has 2 amide bonds. The molecule has 5 heteroatoms. The average Bonchev–Trinajstić information content (AvgIpc) is 2.44. The van der Waals surface area contributed by atoms with Crippen molar-refractivity contribution >= 4 is 11.8 Å². The van der Waals surface area contributed by atoms with Crippen LogP contribution in [0.3, 0.4) is 0 Å². The van der Waals surface area contributed by atoms with Crippen molar-refractivity contribution in [2.24, 2.45) is 11.3 Å². The van der Waals surface area contributed by atoms with Crippen molar-refractivity contribution in [2.75, 3.05) is 26.2 Å². The van der Waals surface area contributed by atoms with Crippen molar-refractivity contribution in [3.05, 3.63) is 12.7 Å². The fourth-order valence-electron chi connectivity index (χ4n) is 2.02. The second kappa shape index (κ2) is 6.70. The first-order valence-electron chi connectivity index (χ1n) is 6.69. The average molecular weight is 268 g/mol. The molecule has 1 aliphatic rings. The first-order valence-corrected chi connectivity index (χ1v) is 6.69. The molecule has 2 N–H and O–H groups in total. The molecule has 108 valence electrons. The summed E-state index contributed by atoms with van der Waals surface area (Å²) < 4.78 is 0. The van der Waals surface area contributed by atoms with Crippen LogP contribution in [-0.2, 0) is 9.59 Å². The Kier molecular flexibility index (Phi) is 5.54. The van der Waals surface area contributed by atoms with Gasteiger partial charge in [0, 0.05) is 37.6 Å². The number of hydrogen-bond acceptors (Lipinski definition) is 3. The van der Waals surface area contributed by atoms with Crippen LogP contribution in [0.4, 0.5) is 0 Å². The summed E-state index contributed by atoms with van der Waals surface area (Å²) in [5, 5.41) is 12.0. The lowest BCUT2D eigenvalue weighted by atomic mass is 9.92. The highest BCUT2D eigenvalue weighted by atomic mass is 16.3. The van der Waals surface area contributed by atoms with E-state index in [0.717, 1.165) is 0 Å². The number of carbonyl (C=O) groups excluding carboxylic acids is 2. The summed E-state index contributed by atoms with van der Waals surface area (Å²) in [5.74, 6) is -0.0872. The molecule has 1 saturated heterocycles. The normalized spacial score (nSPS) is 17.1. The smallest absolute Gasteiger partial charge is 0.245 e. The molecule has 0 unspecified atom stereocenters. The number of nitrogens with one attached hydrogen (secondary N) is 1. The predicted molar refractivity (Wildman–Crippen MR) is 73.4 cm³/mol. The van der Waals surface area contributed by atoms with Crippen LogP contribution in [0.5, 0.6) is 0 Å². The van der Waals surface area contributed by atoms with Crippen molar-refractivity contribution in [3.63, 3.8) is 0 Å². The van der Waals surface area contributed by atoms with Gasteiger partial charge in [-0.3, -0.25) is 9.59 Å². The van der Waals surface area contributed by atoms with Crippen LogP contribution >= 0.6 is 0 Å². The Morgan fingerprint density at radius 2 is 2.00 bits per heavy atom. The molecular formula is C14H24N2O3. The van der Waals surface area contributed by atoms with E-state index in [1.807, 2.05) is 13.8 Å². The minimum absolute atomic E-state index is 0.0206. The highest BCUT2D eigenvalue weighted by molar-refractivity contribution is 5.87. The Balaban J connectivity index is 2.37. The number of carbonyl (C=O) groups is 2. The first kappa shape index (κ1) is 15.7. The number of amides is 2. The number of likely N-dealkylation sites (tertiary alicyclic amines) is 1. The van der Waals surface area contributed by atoms with Crippen molar-refractivity contribution in [1.82, 2.24) is 10.2 Å². The lowest BCUT2D eigenvalue weighted by molar-refractivity contribution is -0.132. The maximum absolute atomic E-state index is 12.0. The summed E-state index contributed by atoms with van der Waals surface area (Å²) in [7, 11) is 0. The molecule has 0 aromatic heterocycles. The molecule has 0 aliphatic carbocycles. The molecule has 0 aromatic rings. The lowest BCUT2D eigenvalue weighted by Crippen LogP contribution is -2.44. The fraction of sp³-hybridized carbons (Fsp3) is 0.714. The van der Waals surface area contributed by atoms with Crippen LogP contribution < -0.4 is 5.32 Å². The van der Waals surface area contributed by atoms with Gasteiger partial charge in [-0.2, -0.15) is 0 Å². The SMILES string of the molecule is C=CC(=O)N1CCC(C(=O)NCC(C)(C)CO)CC1. The zero-order valence-electron chi connectivity index (χ0n) is 11.8. The monoisotopic (exact) mass is 268 g/mol. The minimum Gasteiger partial charge on any atom is -0.396 e. The third-order valence-electron chi connectivity index (χ3n) is 3.52. The predicted octanol–water partition coefficient (Wildman–Crippen LogP) is 0.546. The van der Waals surface area contributed by atoms with Crippen LogP contribution in [0.2, 0.25) is 0 Å². The first-order chi connectivity index (χ1) is 8.89. The number of aliphatic hydroxyl groups is 1. The largest absolute Gasteiger partial charge is 0.396 e. The number of hydrogen-bond donors (Lipinski definition) is 2. The molecule has 0 saturated carbocycles. The van der Waals surface area contributed by atoms with E-state index in [1.54, 1.807) is 4.90 Å². The molecule has 1 heterocycles. The van der Waals surface area contributed by atoms with Gasteiger partial charge in [0.25, 0.3) is 0 Å². The van der Waals surface area contributed by atoms with E-state index in [9.17, 15) is 9.59 Å². The molecule has 1 aliphatic heterocycles. The summed E-state index contributed by atoms with van der Waals surface area (Å²) in [5.41, 5.74) is -0.296. The molecule has 0 atom stereocenters. The summed E-state index contributed by atoms with van der Waals surface area (Å²) in [6.07, 6.45) is 2.68. The quantitative estimate of drug-likeness (QED) is 0.715. The standard InChI is InChI=1S/C14H24N2O3/c1-4-12(18)16-7-5-11(6-8-16)13(19)15-9-14(2,3)10-17/h4,11,17H,1,5-10H2,2-3H3,(H,15,19). The van der Waals surface area contributed by atoms with Gasteiger partial charge in [0.15, 0.2) is 0 Å². The van der Waals surface area contributed by atoms with Crippen molar-refractivity contribution in [1.29, 1.82) is 0 Å². The third-order valence-corrected chi connectivity index (χ3v) is 3.52. The highest BCUT2D eigenvalue weighted by Crippen LogP contribution is 2.18. The molecule has 5 nitrogen and oxygen atoms in total. The Bertz CT molecular complexity index is 345. The summed E-state index contributed by atoms with van der Waals surface area (Å²) in [6, 6.07) is 0. The van der Waals surface area contributed by atoms with E-state index in [2.05, 4.69) is 11.9 Å². The number of aliphatic hydroxyl groups excluding tert-OH is 1. The lowest BCUT2D eigenvalue weighted by Gasteiger charge is -2.31. The van der Waals surface area contributed by atoms with Crippen LogP contribution in [0.15, 0.2) is 12.7 Å². The molecule has 0 spiro atoms. The summed E-state index contributed by atoms with van der Waals surface area (Å²) in [4.78, 5) is 25.1. The molecule has 0 radical (unpaired) electrons. The molecule has 19 heavy (non-hydrogen) atoms. The zero-order valence-corrected chi connectivity index (χ0v) is 11.8. The highest BCUT2D eigenvalue weighted by Gasteiger charge is 2.27. The summed E-state index contributed by atoms with van der Waals surface area (Å²) >= 11 is 0. The van der Waals surface area contributed by atoms with Gasteiger partial charge >= 0.3 is 0 Å². The van der Waals surface area contributed by atoms with Gasteiger partial charge in [-0.15, -0.1) is 0 Å². The Hall–Kier alpha value is -1.36. The molecule has 0 aromatic carbocycles. The molecular weight excluding hydrogens is 244 g/mol. The van der Waals surface area contributed by atoms with Crippen LogP contribution in [0.25, 0.3) is 0 Å². The van der Waals surface area contributed by atoms with E-state index in [4.69, 9.17) is 5.11 Å². The van der Waals surface area contributed by atoms with E-state index < -0.39 is 0 Å². The minimum atomic E-state index is -0.296. The van der Waals surface area contributed by atoms with Gasteiger partial charge in [0.05, 0.1) is 0 Å². The second-order valence-corrected chi connectivity index (χ2v) is 5.84. The maximum Gasteiger partial charge on any atom is 0.245 e. The van der Waals surface area contributed by atoms with E-state index in [-0.39, 0.29) is 29.8 Å². The fourth-order valence-corrected chi connectivity index (χ4v) is 2.02. The van der Waals surface area contributed by atoms with E-state index >= 15 is 0 Å². The van der Waals surface area contributed by atoms with Crippen molar-refractivity contribution in [2.45, 2.75) is 26.7 Å². The third kappa shape index (κ3) is 4.67. The van der Waals surface area contributed by atoms with Gasteiger partial charge in [-0.05, 0) is 18.9 Å². The van der Waals surface area contributed by atoms with Crippen LogP contribution in [0.1, 0.15) is 26.7 Å². The Morgan fingerprint density at radius 1 is 1.42 bits per heavy atom. The Morgan fingerprint density at radius 3 is 2.47 bits per heavy atom. The number of piperidine rings is 1. The second-order valence-electron chi connectivity index (χ2n) is 5.84. The van der Waals surface area contributed by atoms with Gasteiger partial charge in [0.2, 0.25) is 11.8 Å². The summed E-state index contributed by atoms with van der Waals surface area (Å²) in [6.45, 7) is 8.98. The van der Waals surface area contributed by atoms with E-state index in [1.165, 1.54) is 6.08 Å². The Labute approximate surface area is 114 Å². The topological polar surface area (TPSA) is 69.6 Å². The van der Waals surface area contributed by atoms with Crippen molar-refractivity contribution in [3.8, 4) is 0 Å². The molecule has 0 bridgehead atoms. The van der Waals surface area contributed by atoms with Crippen LogP contribution in [0, 0.1) is 11.3 Å². The molecule has 1 fully saturated rings. The maximum atomic E-state index is 12.0. The van der Waals surface area contributed by atoms with Gasteiger partial charge in [0.1, 0.15) is 0 Å². The van der Waals surface area contributed by atoms with Crippen LogP contribution in [-0.4, -0.2) is 48.1 Å². The van der Waals surface area contributed by atoms with Gasteiger partial charge in [-0.25, -0.2) is 0 Å². The molecule has 1 rings (SSSR count). The van der Waals surface area contributed by atoms with Crippen molar-refractivity contribution < 1.29 is 14.7 Å². The zero-order chi connectivity index (χ0) is 14.5. The number of nitrogens with zero attached hydrogens (tertiary/aromatic N) is 1. The number of rotatable bonds is 5. The van der Waals surface area contributed by atoms with Gasteiger partial charge < -0.3 is 15.3 Å². The van der Waals surface area contributed by atoms with Gasteiger partial charge in [-0.1, -0.05) is 20.4 Å². The van der Waals surface area contributed by atoms with E-state index in [0.29, 0.717) is 32.5 Å².